The van der Waals surface area contributed by atoms with E-state index in [1.54, 1.807) is 6.92 Å². The van der Waals surface area contributed by atoms with Crippen LogP contribution in [0.4, 0.5) is 13.2 Å². The number of piperidine rings is 1. The highest BCUT2D eigenvalue weighted by Gasteiger charge is 2.47. The van der Waals surface area contributed by atoms with Crippen LogP contribution in [0.25, 0.3) is 0 Å². The predicted molar refractivity (Wildman–Crippen MR) is 113 cm³/mol. The lowest BCUT2D eigenvalue weighted by molar-refractivity contribution is -0.545. The van der Waals surface area contributed by atoms with E-state index in [0.29, 0.717) is 25.1 Å². The topological polar surface area (TPSA) is 81.9 Å². The zero-order chi connectivity index (χ0) is 24.0. The maximum atomic E-state index is 12.5. The third kappa shape index (κ3) is 6.67. The van der Waals surface area contributed by atoms with Crippen molar-refractivity contribution in [1.29, 1.82) is 0 Å². The lowest BCUT2D eigenvalue weighted by Gasteiger charge is -2.41. The summed E-state index contributed by atoms with van der Waals surface area (Å²) in [7, 11) is 0. The molecule has 3 rings (SSSR count). The molecule has 1 fully saturated rings. The number of carbonyl (C=O) groups excluding carboxylic acids is 1. The molecule has 178 valence electrons. The standard InChI is InChI=1S/C23H25F3N2O5/c1-2-32-20(29)14-18-12-13-27(15-16-6-4-3-5-7-16)21(22(18)28(30)31)17-8-10-19(11-9-17)33-23(24,25)26/h3-11,18,21-22H,2,12-15H2,1H3/t18-,21-,22+/m1/s1. The summed E-state index contributed by atoms with van der Waals surface area (Å²) in [5.74, 6) is -1.47. The van der Waals surface area contributed by atoms with Gasteiger partial charge in [0.05, 0.1) is 13.0 Å². The first-order chi connectivity index (χ1) is 15.7. The van der Waals surface area contributed by atoms with E-state index >= 15 is 0 Å². The zero-order valence-electron chi connectivity index (χ0n) is 18.0. The van der Waals surface area contributed by atoms with Gasteiger partial charge in [-0.2, -0.15) is 0 Å². The van der Waals surface area contributed by atoms with Crippen LogP contribution in [0.3, 0.4) is 0 Å². The molecule has 3 atom stereocenters. The van der Waals surface area contributed by atoms with Gasteiger partial charge in [-0.3, -0.25) is 19.8 Å². The number of hydrogen-bond donors (Lipinski definition) is 0. The molecule has 33 heavy (non-hydrogen) atoms. The average Bonchev–Trinajstić information content (AvgIpc) is 2.75. The highest BCUT2D eigenvalue weighted by atomic mass is 19.4. The molecule has 0 bridgehead atoms. The van der Waals surface area contributed by atoms with Crippen LogP contribution in [-0.2, 0) is 16.1 Å². The number of rotatable bonds is 8. The molecule has 0 spiro atoms. The smallest absolute Gasteiger partial charge is 0.466 e. The van der Waals surface area contributed by atoms with Crippen LogP contribution in [0.5, 0.6) is 5.75 Å². The summed E-state index contributed by atoms with van der Waals surface area (Å²) >= 11 is 0. The molecule has 0 N–H and O–H groups in total. The second-order valence-electron chi connectivity index (χ2n) is 7.85. The Kier molecular flexibility index (Phi) is 7.91. The predicted octanol–water partition coefficient (Wildman–Crippen LogP) is 4.75. The summed E-state index contributed by atoms with van der Waals surface area (Å²) in [5, 5.41) is 12.2. The molecule has 7 nitrogen and oxygen atoms in total. The number of halogens is 3. The second-order valence-corrected chi connectivity index (χ2v) is 7.85. The van der Waals surface area contributed by atoms with Crippen LogP contribution >= 0.6 is 0 Å². The number of benzene rings is 2. The monoisotopic (exact) mass is 466 g/mol. The van der Waals surface area contributed by atoms with Crippen molar-refractivity contribution in [2.75, 3.05) is 13.2 Å². The van der Waals surface area contributed by atoms with Crippen molar-refractivity contribution in [1.82, 2.24) is 4.90 Å². The van der Waals surface area contributed by atoms with Gasteiger partial charge < -0.3 is 9.47 Å². The van der Waals surface area contributed by atoms with E-state index in [2.05, 4.69) is 4.74 Å². The van der Waals surface area contributed by atoms with Crippen LogP contribution in [0.2, 0.25) is 0 Å². The molecule has 0 aromatic heterocycles. The van der Waals surface area contributed by atoms with E-state index in [9.17, 15) is 28.1 Å². The van der Waals surface area contributed by atoms with E-state index < -0.39 is 41.0 Å². The van der Waals surface area contributed by atoms with E-state index in [4.69, 9.17) is 4.74 Å². The fraction of sp³-hybridized carbons (Fsp3) is 0.435. The minimum atomic E-state index is -4.83. The van der Waals surface area contributed by atoms with Crippen molar-refractivity contribution in [2.24, 2.45) is 5.92 Å². The van der Waals surface area contributed by atoms with Gasteiger partial charge in [-0.15, -0.1) is 13.2 Å². The lowest BCUT2D eigenvalue weighted by Crippen LogP contribution is -2.50. The Balaban J connectivity index is 1.94. The van der Waals surface area contributed by atoms with Crippen molar-refractivity contribution in [3.8, 4) is 5.75 Å². The molecule has 10 heteroatoms. The maximum absolute atomic E-state index is 12.5. The summed E-state index contributed by atoms with van der Waals surface area (Å²) in [4.78, 5) is 25.8. The van der Waals surface area contributed by atoms with Gasteiger partial charge in [0, 0.05) is 17.4 Å². The van der Waals surface area contributed by atoms with Crippen molar-refractivity contribution in [3.63, 3.8) is 0 Å². The number of ether oxygens (including phenoxy) is 2. The van der Waals surface area contributed by atoms with Gasteiger partial charge in [0.25, 0.3) is 0 Å². The first kappa shape index (κ1) is 24.5. The normalized spacial score (nSPS) is 21.4. The maximum Gasteiger partial charge on any atom is 0.573 e. The molecule has 1 saturated heterocycles. The van der Waals surface area contributed by atoms with E-state index in [1.807, 2.05) is 35.2 Å². The van der Waals surface area contributed by atoms with Gasteiger partial charge in [0.15, 0.2) is 0 Å². The van der Waals surface area contributed by atoms with Crippen molar-refractivity contribution < 1.29 is 32.4 Å². The number of likely N-dealkylation sites (tertiary alicyclic amines) is 1. The van der Waals surface area contributed by atoms with Gasteiger partial charge in [-0.1, -0.05) is 42.5 Å². The van der Waals surface area contributed by atoms with E-state index in [1.165, 1.54) is 12.1 Å². The Labute approximate surface area is 189 Å². The van der Waals surface area contributed by atoms with E-state index in [0.717, 1.165) is 17.7 Å². The van der Waals surface area contributed by atoms with Crippen LogP contribution in [0.15, 0.2) is 54.6 Å². The lowest BCUT2D eigenvalue weighted by atomic mass is 9.80. The van der Waals surface area contributed by atoms with Crippen LogP contribution < -0.4 is 4.74 Å². The molecule has 1 heterocycles. The molecule has 0 radical (unpaired) electrons. The third-order valence-corrected chi connectivity index (χ3v) is 5.65. The van der Waals surface area contributed by atoms with Gasteiger partial charge >= 0.3 is 12.3 Å². The second kappa shape index (κ2) is 10.7. The summed E-state index contributed by atoms with van der Waals surface area (Å²) < 4.78 is 46.6. The van der Waals surface area contributed by atoms with Gasteiger partial charge in [-0.05, 0) is 43.1 Å². The molecule has 0 unspecified atom stereocenters. The molecule has 1 aliphatic rings. The Hall–Kier alpha value is -3.14. The average molecular weight is 466 g/mol. The largest absolute Gasteiger partial charge is 0.573 e. The first-order valence-electron chi connectivity index (χ1n) is 10.6. The summed E-state index contributed by atoms with van der Waals surface area (Å²) in [6.45, 7) is 2.75. The molecule has 2 aromatic carbocycles. The first-order valence-corrected chi connectivity index (χ1v) is 10.6. The highest BCUT2D eigenvalue weighted by molar-refractivity contribution is 5.69. The van der Waals surface area contributed by atoms with Crippen molar-refractivity contribution >= 4 is 5.97 Å². The number of hydrogen-bond acceptors (Lipinski definition) is 6. The molecule has 0 amide bonds. The van der Waals surface area contributed by atoms with Gasteiger partial charge in [0.1, 0.15) is 11.8 Å². The third-order valence-electron chi connectivity index (χ3n) is 5.65. The van der Waals surface area contributed by atoms with Crippen LogP contribution in [0, 0.1) is 16.0 Å². The molecular formula is C23H25F3N2O5. The molecule has 0 aliphatic carbocycles. The number of esters is 1. The minimum absolute atomic E-state index is 0.0928. The molecule has 0 saturated carbocycles. The number of nitro groups is 1. The van der Waals surface area contributed by atoms with Crippen molar-refractivity contribution in [3.05, 3.63) is 75.8 Å². The van der Waals surface area contributed by atoms with Crippen LogP contribution in [0.1, 0.15) is 36.9 Å². The number of nitrogens with zero attached hydrogens (tertiary/aromatic N) is 2. The minimum Gasteiger partial charge on any atom is -0.466 e. The SMILES string of the molecule is CCOC(=O)C[C@H]1CCN(Cc2ccccc2)[C@H](c2ccc(OC(F)(F)F)cc2)[C@H]1[N+](=O)[O-]. The fourth-order valence-corrected chi connectivity index (χ4v) is 4.33. The molecular weight excluding hydrogens is 441 g/mol. The Morgan fingerprint density at radius 3 is 2.39 bits per heavy atom. The number of carbonyl (C=O) groups is 1. The Morgan fingerprint density at radius 1 is 1.15 bits per heavy atom. The van der Waals surface area contributed by atoms with E-state index in [-0.39, 0.29) is 13.0 Å². The molecule has 2 aromatic rings. The quantitative estimate of drug-likeness (QED) is 0.317. The summed E-state index contributed by atoms with van der Waals surface area (Å²) in [6.07, 6.45) is -4.51. The van der Waals surface area contributed by atoms with Gasteiger partial charge in [-0.25, -0.2) is 0 Å². The summed E-state index contributed by atoms with van der Waals surface area (Å²) in [6, 6.07) is 12.6. The van der Waals surface area contributed by atoms with Crippen LogP contribution in [-0.4, -0.2) is 41.3 Å². The zero-order valence-corrected chi connectivity index (χ0v) is 18.0. The molecule has 1 aliphatic heterocycles. The summed E-state index contributed by atoms with van der Waals surface area (Å²) in [5.41, 5.74) is 1.43. The fourth-order valence-electron chi connectivity index (χ4n) is 4.33. The Morgan fingerprint density at radius 2 is 1.82 bits per heavy atom. The Bertz CT molecular complexity index is 937. The van der Waals surface area contributed by atoms with Gasteiger partial charge in [0.2, 0.25) is 6.04 Å². The number of alkyl halides is 3. The highest BCUT2D eigenvalue weighted by Crippen LogP contribution is 2.39. The van der Waals surface area contributed by atoms with Crippen molar-refractivity contribution in [2.45, 2.75) is 44.8 Å².